The lowest BCUT2D eigenvalue weighted by Gasteiger charge is -2.39. The third-order valence-corrected chi connectivity index (χ3v) is 9.90. The molecule has 10 nitrogen and oxygen atoms in total. The third-order valence-electron chi connectivity index (χ3n) is 9.90. The fourth-order valence-corrected chi connectivity index (χ4v) is 7.58. The maximum atomic E-state index is 14.1. The molecule has 45 heavy (non-hydrogen) atoms. The van der Waals surface area contributed by atoms with E-state index in [1.165, 1.54) is 0 Å². The van der Waals surface area contributed by atoms with Crippen molar-refractivity contribution in [2.45, 2.75) is 127 Å². The molecule has 0 aromatic heterocycles. The van der Waals surface area contributed by atoms with Crippen molar-refractivity contribution in [3.63, 3.8) is 0 Å². The molecule has 0 amide bonds. The maximum absolute atomic E-state index is 14.1. The van der Waals surface area contributed by atoms with E-state index < -0.39 is 41.2 Å². The van der Waals surface area contributed by atoms with Gasteiger partial charge in [-0.25, -0.2) is 4.79 Å². The number of hydrogen-bond donors (Lipinski definition) is 2. The van der Waals surface area contributed by atoms with Crippen LogP contribution < -0.4 is 9.47 Å². The Kier molecular flexibility index (Phi) is 10.4. The molecule has 1 aliphatic carbocycles. The molecule has 1 fully saturated rings. The summed E-state index contributed by atoms with van der Waals surface area (Å²) in [5.74, 6) is 0.0569. The first kappa shape index (κ1) is 33.5. The van der Waals surface area contributed by atoms with Crippen LogP contribution in [0.4, 0.5) is 0 Å². The molecule has 2 N–H and O–H groups in total. The zero-order valence-corrected chi connectivity index (χ0v) is 27.4. The van der Waals surface area contributed by atoms with Gasteiger partial charge < -0.3 is 33.9 Å². The fourth-order valence-electron chi connectivity index (χ4n) is 7.58. The number of ether oxygens (including phenoxy) is 5. The van der Waals surface area contributed by atoms with E-state index in [-0.39, 0.29) is 25.7 Å². The molecule has 1 saturated heterocycles. The molecule has 4 atom stereocenters. The molecule has 4 aliphatic rings. The van der Waals surface area contributed by atoms with Gasteiger partial charge in [0.2, 0.25) is 6.79 Å². The Morgan fingerprint density at radius 2 is 1.80 bits per heavy atom. The number of methoxy groups -OCH3 is 1. The summed E-state index contributed by atoms with van der Waals surface area (Å²) in [6, 6.07) is 4.04. The lowest BCUT2D eigenvalue weighted by atomic mass is 9.77. The summed E-state index contributed by atoms with van der Waals surface area (Å²) in [5.41, 5.74) is -1.43. The average Bonchev–Trinajstić information content (AvgIpc) is 3.67. The Balaban J connectivity index is 1.40. The maximum Gasteiger partial charge on any atom is 0.339 e. The molecule has 1 spiro atoms. The van der Waals surface area contributed by atoms with Crippen molar-refractivity contribution < 1.29 is 43.5 Å². The SMILES string of the molecule is CCCCCCCOC(=O)C[C@](O)(CCCC(C)(C)O)C(=O)OC1C(OC)=CC23CCCN2CCc2cc4c(cc2[C@H]13)OCO4. The highest BCUT2D eigenvalue weighted by Gasteiger charge is 2.59. The predicted octanol–water partition coefficient (Wildman–Crippen LogP) is 4.92. The van der Waals surface area contributed by atoms with Crippen LogP contribution in [0.5, 0.6) is 11.5 Å². The summed E-state index contributed by atoms with van der Waals surface area (Å²) in [6.07, 6.45) is 9.03. The first-order chi connectivity index (χ1) is 21.5. The second-order valence-corrected chi connectivity index (χ2v) is 13.8. The monoisotopic (exact) mass is 629 g/mol. The van der Waals surface area contributed by atoms with Crippen LogP contribution >= 0.6 is 0 Å². The van der Waals surface area contributed by atoms with E-state index in [1.807, 2.05) is 12.1 Å². The van der Waals surface area contributed by atoms with Gasteiger partial charge in [0, 0.05) is 6.54 Å². The van der Waals surface area contributed by atoms with Crippen molar-refractivity contribution in [3.8, 4) is 11.5 Å². The number of benzene rings is 1. The molecule has 0 saturated carbocycles. The summed E-state index contributed by atoms with van der Waals surface area (Å²) in [6.45, 7) is 7.64. The van der Waals surface area contributed by atoms with E-state index in [2.05, 4.69) is 17.9 Å². The molecule has 0 bridgehead atoms. The topological polar surface area (TPSA) is 124 Å². The van der Waals surface area contributed by atoms with Gasteiger partial charge in [-0.05, 0) is 94.7 Å². The molecule has 1 aromatic rings. The van der Waals surface area contributed by atoms with Gasteiger partial charge in [-0.2, -0.15) is 0 Å². The minimum absolute atomic E-state index is 0.0582. The van der Waals surface area contributed by atoms with E-state index in [0.717, 1.165) is 75.6 Å². The number of unbranched alkanes of at least 4 members (excludes halogenated alkanes) is 4. The van der Waals surface area contributed by atoms with Gasteiger partial charge in [-0.15, -0.1) is 0 Å². The second kappa shape index (κ2) is 13.9. The lowest BCUT2D eigenvalue weighted by Crippen LogP contribution is -2.49. The van der Waals surface area contributed by atoms with Gasteiger partial charge in [0.05, 0.1) is 37.2 Å². The molecule has 5 rings (SSSR count). The largest absolute Gasteiger partial charge is 0.497 e. The molecule has 2 unspecified atom stereocenters. The Bertz CT molecular complexity index is 1260. The number of hydrogen-bond acceptors (Lipinski definition) is 10. The molecular formula is C35H51NO9. The van der Waals surface area contributed by atoms with E-state index in [1.54, 1.807) is 21.0 Å². The Labute approximate surface area is 267 Å². The van der Waals surface area contributed by atoms with Crippen molar-refractivity contribution in [2.75, 3.05) is 33.6 Å². The quantitative estimate of drug-likeness (QED) is 0.204. The first-order valence-corrected chi connectivity index (χ1v) is 16.8. The molecule has 250 valence electrons. The van der Waals surface area contributed by atoms with Crippen LogP contribution in [0, 0.1) is 0 Å². The summed E-state index contributed by atoms with van der Waals surface area (Å²) in [4.78, 5) is 29.5. The van der Waals surface area contributed by atoms with Crippen LogP contribution in [0.2, 0.25) is 0 Å². The smallest absolute Gasteiger partial charge is 0.339 e. The number of esters is 2. The summed E-state index contributed by atoms with van der Waals surface area (Å²) < 4.78 is 29.1. The highest BCUT2D eigenvalue weighted by molar-refractivity contribution is 5.86. The number of carbonyl (C=O) groups is 2. The number of rotatable bonds is 15. The van der Waals surface area contributed by atoms with Crippen LogP contribution in [-0.4, -0.2) is 83.5 Å². The highest BCUT2D eigenvalue weighted by Crippen LogP contribution is 2.55. The van der Waals surface area contributed by atoms with Crippen LogP contribution in [0.25, 0.3) is 0 Å². The highest BCUT2D eigenvalue weighted by atomic mass is 16.7. The minimum Gasteiger partial charge on any atom is -0.497 e. The molecular weight excluding hydrogens is 578 g/mol. The number of aliphatic hydroxyl groups is 2. The number of fused-ring (bicyclic) bond motifs is 3. The third kappa shape index (κ3) is 7.28. The molecule has 3 aliphatic heterocycles. The summed E-state index contributed by atoms with van der Waals surface area (Å²) in [7, 11) is 1.57. The van der Waals surface area contributed by atoms with Crippen molar-refractivity contribution in [2.24, 2.45) is 0 Å². The van der Waals surface area contributed by atoms with Gasteiger partial charge in [-0.1, -0.05) is 32.6 Å². The second-order valence-electron chi connectivity index (χ2n) is 13.8. The van der Waals surface area contributed by atoms with Crippen LogP contribution in [0.15, 0.2) is 24.0 Å². The molecule has 10 heteroatoms. The van der Waals surface area contributed by atoms with E-state index in [4.69, 9.17) is 23.7 Å². The first-order valence-electron chi connectivity index (χ1n) is 16.8. The predicted molar refractivity (Wildman–Crippen MR) is 167 cm³/mol. The average molecular weight is 630 g/mol. The molecule has 3 heterocycles. The van der Waals surface area contributed by atoms with Gasteiger partial charge in [0.15, 0.2) is 23.2 Å². The van der Waals surface area contributed by atoms with Crippen molar-refractivity contribution >= 4 is 11.9 Å². The standard InChI is InChI=1S/C35H51NO9/c1-5-6-7-8-9-18-42-29(37)22-35(40,15-10-13-33(2,3)39)32(38)45-31-28(41-4)21-34-14-11-16-36(34)17-12-24-19-26-27(44-23-43-26)20-25(24)30(31)34/h19-21,30-31,39-40H,5-18,22-23H2,1-4H3/t30-,31?,34?,35-/m1/s1. The zero-order valence-electron chi connectivity index (χ0n) is 27.4. The van der Waals surface area contributed by atoms with Gasteiger partial charge in [0.1, 0.15) is 5.76 Å². The summed E-state index contributed by atoms with van der Waals surface area (Å²) >= 11 is 0. The Morgan fingerprint density at radius 1 is 1.04 bits per heavy atom. The minimum atomic E-state index is -2.13. The van der Waals surface area contributed by atoms with Crippen LogP contribution in [-0.2, 0) is 30.2 Å². The zero-order chi connectivity index (χ0) is 32.2. The van der Waals surface area contributed by atoms with E-state index in [0.29, 0.717) is 30.1 Å². The van der Waals surface area contributed by atoms with Crippen LogP contribution in [0.3, 0.4) is 0 Å². The van der Waals surface area contributed by atoms with Gasteiger partial charge in [-0.3, -0.25) is 9.69 Å². The van der Waals surface area contributed by atoms with Crippen LogP contribution in [0.1, 0.15) is 108 Å². The van der Waals surface area contributed by atoms with E-state index in [9.17, 15) is 19.8 Å². The summed E-state index contributed by atoms with van der Waals surface area (Å²) in [5, 5.41) is 22.1. The van der Waals surface area contributed by atoms with Crippen molar-refractivity contribution in [3.05, 3.63) is 35.1 Å². The fraction of sp³-hybridized carbons (Fsp3) is 0.714. The number of nitrogens with zero attached hydrogens (tertiary/aromatic N) is 1. The number of carbonyl (C=O) groups excluding carboxylic acids is 2. The van der Waals surface area contributed by atoms with Gasteiger partial charge in [0.25, 0.3) is 0 Å². The Morgan fingerprint density at radius 3 is 2.53 bits per heavy atom. The molecule has 1 aromatic carbocycles. The Hall–Kier alpha value is -2.82. The lowest BCUT2D eigenvalue weighted by molar-refractivity contribution is -0.179. The van der Waals surface area contributed by atoms with E-state index >= 15 is 0 Å². The molecule has 0 radical (unpaired) electrons. The normalized spacial score (nSPS) is 25.0. The van der Waals surface area contributed by atoms with Crippen molar-refractivity contribution in [1.29, 1.82) is 0 Å². The van der Waals surface area contributed by atoms with Crippen molar-refractivity contribution in [1.82, 2.24) is 4.90 Å². The van der Waals surface area contributed by atoms with Gasteiger partial charge >= 0.3 is 11.9 Å².